The molecule has 1 unspecified atom stereocenters. The number of aromatic nitrogens is 2. The number of nitrogens with one attached hydrogen (secondary N) is 1. The molecule has 0 aliphatic carbocycles. The first kappa shape index (κ1) is 21.9. The van der Waals surface area contributed by atoms with Crippen molar-refractivity contribution in [3.05, 3.63) is 48.4 Å². The van der Waals surface area contributed by atoms with Gasteiger partial charge >= 0.3 is 0 Å². The predicted molar refractivity (Wildman–Crippen MR) is 112 cm³/mol. The number of ether oxygens (including phenoxy) is 4. The molecule has 9 heteroatoms. The monoisotopic (exact) mass is 427 g/mol. The summed E-state index contributed by atoms with van der Waals surface area (Å²) < 4.78 is 26.8. The molecule has 0 fully saturated rings. The largest absolute Gasteiger partial charge is 0.497 e. The molecule has 1 aromatic heterocycles. The van der Waals surface area contributed by atoms with Crippen LogP contribution in [-0.2, 0) is 11.3 Å². The molecule has 0 spiro atoms. The molecule has 3 aromatic rings. The van der Waals surface area contributed by atoms with E-state index in [9.17, 15) is 4.79 Å². The quantitative estimate of drug-likeness (QED) is 0.526. The third-order valence-electron chi connectivity index (χ3n) is 4.51. The van der Waals surface area contributed by atoms with Gasteiger partial charge in [-0.25, -0.2) is 0 Å². The fourth-order valence-electron chi connectivity index (χ4n) is 2.86. The van der Waals surface area contributed by atoms with Crippen molar-refractivity contribution in [2.45, 2.75) is 26.0 Å². The zero-order chi connectivity index (χ0) is 22.2. The molecule has 0 aliphatic rings. The highest BCUT2D eigenvalue weighted by Gasteiger charge is 2.20. The van der Waals surface area contributed by atoms with Gasteiger partial charge in [-0.15, -0.1) is 0 Å². The maximum atomic E-state index is 12.6. The number of benzene rings is 2. The van der Waals surface area contributed by atoms with Crippen molar-refractivity contribution in [3.8, 4) is 34.4 Å². The SMILES string of the molecule is CCC(Oc1cccc(OC)c1)C(=O)NCc1nc(-c2ccc(OC)cc2OC)no1. The molecule has 0 saturated heterocycles. The van der Waals surface area contributed by atoms with Crippen LogP contribution in [-0.4, -0.2) is 43.5 Å². The van der Waals surface area contributed by atoms with Crippen LogP contribution >= 0.6 is 0 Å². The zero-order valence-corrected chi connectivity index (χ0v) is 17.9. The van der Waals surface area contributed by atoms with Gasteiger partial charge in [-0.1, -0.05) is 18.1 Å². The van der Waals surface area contributed by atoms with Gasteiger partial charge in [0, 0.05) is 12.1 Å². The molecule has 1 atom stereocenters. The topological polar surface area (TPSA) is 105 Å². The van der Waals surface area contributed by atoms with Crippen molar-refractivity contribution >= 4 is 5.91 Å². The van der Waals surface area contributed by atoms with Crippen molar-refractivity contribution in [3.63, 3.8) is 0 Å². The van der Waals surface area contributed by atoms with Gasteiger partial charge in [0.1, 0.15) is 23.0 Å². The second kappa shape index (κ2) is 10.3. The molecule has 1 amide bonds. The Kier molecular flexibility index (Phi) is 7.31. The van der Waals surface area contributed by atoms with Crippen molar-refractivity contribution in [2.24, 2.45) is 0 Å². The van der Waals surface area contributed by atoms with Gasteiger partial charge in [-0.05, 0) is 30.7 Å². The van der Waals surface area contributed by atoms with E-state index in [2.05, 4.69) is 15.5 Å². The van der Waals surface area contributed by atoms with E-state index >= 15 is 0 Å². The van der Waals surface area contributed by atoms with Crippen LogP contribution in [0.2, 0.25) is 0 Å². The summed E-state index contributed by atoms with van der Waals surface area (Å²) in [5.41, 5.74) is 0.650. The molecular formula is C22H25N3O6. The van der Waals surface area contributed by atoms with Crippen LogP contribution in [0.15, 0.2) is 47.0 Å². The first-order valence-electron chi connectivity index (χ1n) is 9.71. The first-order valence-corrected chi connectivity index (χ1v) is 9.71. The summed E-state index contributed by atoms with van der Waals surface area (Å²) in [5.74, 6) is 2.73. The fourth-order valence-corrected chi connectivity index (χ4v) is 2.86. The molecule has 0 radical (unpaired) electrons. The molecule has 0 bridgehead atoms. The Hall–Kier alpha value is -3.75. The van der Waals surface area contributed by atoms with E-state index in [1.807, 2.05) is 6.92 Å². The first-order chi connectivity index (χ1) is 15.1. The van der Waals surface area contributed by atoms with E-state index in [-0.39, 0.29) is 18.3 Å². The van der Waals surface area contributed by atoms with Gasteiger partial charge in [0.05, 0.1) is 33.4 Å². The van der Waals surface area contributed by atoms with Gasteiger partial charge in [0.15, 0.2) is 6.10 Å². The summed E-state index contributed by atoms with van der Waals surface area (Å²) >= 11 is 0. The Morgan fingerprint density at radius 1 is 1.03 bits per heavy atom. The minimum absolute atomic E-state index is 0.0717. The van der Waals surface area contributed by atoms with E-state index in [1.54, 1.807) is 63.8 Å². The maximum absolute atomic E-state index is 12.6. The smallest absolute Gasteiger partial charge is 0.261 e. The van der Waals surface area contributed by atoms with Crippen molar-refractivity contribution < 1.29 is 28.3 Å². The molecule has 1 heterocycles. The highest BCUT2D eigenvalue weighted by atomic mass is 16.5. The van der Waals surface area contributed by atoms with Crippen molar-refractivity contribution in [1.82, 2.24) is 15.5 Å². The fraction of sp³-hybridized carbons (Fsp3) is 0.318. The highest BCUT2D eigenvalue weighted by molar-refractivity contribution is 5.81. The van der Waals surface area contributed by atoms with E-state index in [0.717, 1.165) is 0 Å². The molecule has 3 rings (SSSR count). The number of amides is 1. The molecule has 0 aliphatic heterocycles. The van der Waals surface area contributed by atoms with E-state index in [1.165, 1.54) is 0 Å². The molecule has 31 heavy (non-hydrogen) atoms. The van der Waals surface area contributed by atoms with E-state index in [0.29, 0.717) is 40.8 Å². The standard InChI is InChI=1S/C22H25N3O6/c1-5-18(30-16-8-6-7-14(11-16)27-2)22(26)23-13-20-24-21(25-31-20)17-10-9-15(28-3)12-19(17)29-4/h6-12,18H,5,13H2,1-4H3,(H,23,26). The third-order valence-corrected chi connectivity index (χ3v) is 4.51. The van der Waals surface area contributed by atoms with Crippen LogP contribution in [0.1, 0.15) is 19.2 Å². The van der Waals surface area contributed by atoms with Gasteiger partial charge in [0.25, 0.3) is 5.91 Å². The number of carbonyl (C=O) groups is 1. The summed E-state index contributed by atoms with van der Waals surface area (Å²) in [6.07, 6.45) is -0.183. The van der Waals surface area contributed by atoms with Crippen molar-refractivity contribution in [2.75, 3.05) is 21.3 Å². The number of rotatable bonds is 10. The summed E-state index contributed by atoms with van der Waals surface area (Å²) in [6, 6.07) is 12.4. The average Bonchev–Trinajstić information content (AvgIpc) is 3.29. The summed E-state index contributed by atoms with van der Waals surface area (Å²) in [4.78, 5) is 16.9. The number of carbonyl (C=O) groups excluding carboxylic acids is 1. The van der Waals surface area contributed by atoms with Gasteiger partial charge in [0.2, 0.25) is 11.7 Å². The second-order valence-electron chi connectivity index (χ2n) is 6.49. The molecule has 0 saturated carbocycles. The minimum atomic E-state index is -0.670. The van der Waals surface area contributed by atoms with Crippen LogP contribution in [0, 0.1) is 0 Å². The summed E-state index contributed by atoms with van der Waals surface area (Å²) in [6.45, 7) is 1.94. The number of methoxy groups -OCH3 is 3. The van der Waals surface area contributed by atoms with E-state index in [4.69, 9.17) is 23.5 Å². The van der Waals surface area contributed by atoms with Crippen molar-refractivity contribution in [1.29, 1.82) is 0 Å². The number of hydrogen-bond acceptors (Lipinski definition) is 8. The lowest BCUT2D eigenvalue weighted by molar-refractivity contribution is -0.128. The Balaban J connectivity index is 1.63. The predicted octanol–water partition coefficient (Wildman–Crippen LogP) is 3.24. The van der Waals surface area contributed by atoms with E-state index < -0.39 is 6.10 Å². The minimum Gasteiger partial charge on any atom is -0.497 e. The van der Waals surface area contributed by atoms with Crippen LogP contribution in [0.3, 0.4) is 0 Å². The van der Waals surface area contributed by atoms with Crippen LogP contribution < -0.4 is 24.3 Å². The number of nitrogens with zero attached hydrogens (tertiary/aromatic N) is 2. The van der Waals surface area contributed by atoms with Crippen LogP contribution in [0.4, 0.5) is 0 Å². The zero-order valence-electron chi connectivity index (χ0n) is 17.9. The molecular weight excluding hydrogens is 402 g/mol. The lowest BCUT2D eigenvalue weighted by atomic mass is 10.2. The van der Waals surface area contributed by atoms with Crippen LogP contribution in [0.25, 0.3) is 11.4 Å². The summed E-state index contributed by atoms with van der Waals surface area (Å²) in [5, 5.41) is 6.74. The number of hydrogen-bond donors (Lipinski definition) is 1. The van der Waals surface area contributed by atoms with Gasteiger partial charge in [-0.2, -0.15) is 4.98 Å². The third kappa shape index (κ3) is 5.44. The Morgan fingerprint density at radius 3 is 2.48 bits per heavy atom. The van der Waals surface area contributed by atoms with Gasteiger partial charge < -0.3 is 28.8 Å². The van der Waals surface area contributed by atoms with Crippen LogP contribution in [0.5, 0.6) is 23.0 Å². The van der Waals surface area contributed by atoms with Gasteiger partial charge in [-0.3, -0.25) is 4.79 Å². The molecule has 1 N–H and O–H groups in total. The molecule has 2 aromatic carbocycles. The molecule has 9 nitrogen and oxygen atoms in total. The lowest BCUT2D eigenvalue weighted by Gasteiger charge is -2.17. The lowest BCUT2D eigenvalue weighted by Crippen LogP contribution is -2.37. The second-order valence-corrected chi connectivity index (χ2v) is 6.49. The Morgan fingerprint density at radius 2 is 1.77 bits per heavy atom. The highest BCUT2D eigenvalue weighted by Crippen LogP contribution is 2.31. The normalized spacial score (nSPS) is 11.5. The Bertz CT molecular complexity index is 1020. The molecule has 164 valence electrons. The maximum Gasteiger partial charge on any atom is 0.261 e. The Labute approximate surface area is 180 Å². The summed E-state index contributed by atoms with van der Waals surface area (Å²) in [7, 11) is 4.70. The average molecular weight is 427 g/mol.